The number of benzene rings is 1. The summed E-state index contributed by atoms with van der Waals surface area (Å²) in [5, 5.41) is 20.0. The van der Waals surface area contributed by atoms with Gasteiger partial charge in [0.25, 0.3) is 0 Å². The van der Waals surface area contributed by atoms with E-state index < -0.39 is 32.5 Å². The summed E-state index contributed by atoms with van der Waals surface area (Å²) in [6, 6.07) is 1.90. The van der Waals surface area contributed by atoms with Crippen LogP contribution in [-0.4, -0.2) is 41.9 Å². The van der Waals surface area contributed by atoms with Gasteiger partial charge in [-0.25, -0.2) is 8.42 Å². The Kier molecular flexibility index (Phi) is 4.26. The van der Waals surface area contributed by atoms with Crippen LogP contribution in [0, 0.1) is 21.8 Å². The molecule has 9 heteroatoms. The van der Waals surface area contributed by atoms with Crippen molar-refractivity contribution in [1.82, 2.24) is 4.31 Å². The molecule has 0 radical (unpaired) electrons. The van der Waals surface area contributed by atoms with Crippen LogP contribution in [-0.2, 0) is 10.0 Å². The molecule has 1 N–H and O–H groups in total. The van der Waals surface area contributed by atoms with Crippen molar-refractivity contribution in [2.75, 3.05) is 13.2 Å². The molecule has 0 aliphatic carbocycles. The van der Waals surface area contributed by atoms with Crippen LogP contribution in [0.1, 0.15) is 13.3 Å². The summed E-state index contributed by atoms with van der Waals surface area (Å²) in [6.45, 7) is 1.72. The summed E-state index contributed by atoms with van der Waals surface area (Å²) in [5.74, 6) is -1.10. The average Bonchev–Trinajstić information content (AvgIpc) is 2.80. The van der Waals surface area contributed by atoms with Gasteiger partial charge in [0.1, 0.15) is 0 Å². The normalized spacial score (nSPS) is 23.4. The van der Waals surface area contributed by atoms with Gasteiger partial charge < -0.3 is 5.11 Å². The zero-order chi connectivity index (χ0) is 15.8. The van der Waals surface area contributed by atoms with Crippen LogP contribution in [0.2, 0.25) is 0 Å². The molecule has 21 heavy (non-hydrogen) atoms. The molecule has 0 aromatic heterocycles. The molecule has 2 rings (SSSR count). The lowest BCUT2D eigenvalue weighted by molar-refractivity contribution is -0.387. The molecule has 1 saturated heterocycles. The van der Waals surface area contributed by atoms with Gasteiger partial charge in [-0.1, -0.05) is 6.92 Å². The van der Waals surface area contributed by atoms with E-state index in [9.17, 15) is 28.0 Å². The molecular weight excluding hydrogens is 303 g/mol. The van der Waals surface area contributed by atoms with Crippen LogP contribution >= 0.6 is 0 Å². The lowest BCUT2D eigenvalue weighted by Crippen LogP contribution is -2.39. The van der Waals surface area contributed by atoms with Crippen LogP contribution < -0.4 is 0 Å². The second-order valence-electron chi connectivity index (χ2n) is 5.00. The zero-order valence-corrected chi connectivity index (χ0v) is 12.1. The number of nitro groups is 1. The first-order valence-electron chi connectivity index (χ1n) is 6.35. The van der Waals surface area contributed by atoms with E-state index in [2.05, 4.69) is 0 Å². The van der Waals surface area contributed by atoms with Gasteiger partial charge in [-0.3, -0.25) is 10.1 Å². The largest absolute Gasteiger partial charge is 0.395 e. The second-order valence-corrected chi connectivity index (χ2v) is 6.89. The fourth-order valence-electron chi connectivity index (χ4n) is 2.47. The first-order valence-corrected chi connectivity index (χ1v) is 7.79. The maximum Gasteiger partial charge on any atom is 0.306 e. The summed E-state index contributed by atoms with van der Waals surface area (Å²) in [4.78, 5) is 9.40. The molecule has 2 unspecified atom stereocenters. The van der Waals surface area contributed by atoms with E-state index >= 15 is 0 Å². The van der Waals surface area contributed by atoms with Gasteiger partial charge in [-0.2, -0.15) is 8.70 Å². The highest BCUT2D eigenvalue weighted by Crippen LogP contribution is 2.31. The van der Waals surface area contributed by atoms with E-state index in [1.807, 2.05) is 6.92 Å². The number of nitro benzene ring substituents is 1. The van der Waals surface area contributed by atoms with Crippen LogP contribution in [0.25, 0.3) is 0 Å². The van der Waals surface area contributed by atoms with Gasteiger partial charge in [0.2, 0.25) is 15.8 Å². The van der Waals surface area contributed by atoms with E-state index in [1.165, 1.54) is 0 Å². The van der Waals surface area contributed by atoms with Gasteiger partial charge in [0.15, 0.2) is 0 Å². The summed E-state index contributed by atoms with van der Waals surface area (Å²) < 4.78 is 39.4. The summed E-state index contributed by atoms with van der Waals surface area (Å²) >= 11 is 0. The van der Waals surface area contributed by atoms with Crippen molar-refractivity contribution in [3.05, 3.63) is 34.1 Å². The van der Waals surface area contributed by atoms with E-state index in [1.54, 1.807) is 0 Å². The average molecular weight is 318 g/mol. The lowest BCUT2D eigenvalue weighted by Gasteiger charge is -2.24. The van der Waals surface area contributed by atoms with Crippen LogP contribution in [0.4, 0.5) is 10.1 Å². The van der Waals surface area contributed by atoms with E-state index in [-0.39, 0.29) is 24.0 Å². The minimum absolute atomic E-state index is 0.0137. The highest BCUT2D eigenvalue weighted by molar-refractivity contribution is 7.89. The van der Waals surface area contributed by atoms with Crippen LogP contribution in [0.15, 0.2) is 23.1 Å². The fraction of sp³-hybridized carbons (Fsp3) is 0.500. The number of nitrogens with zero attached hydrogens (tertiary/aromatic N) is 2. The molecular formula is C12H15FN2O5S. The highest BCUT2D eigenvalue weighted by Gasteiger charge is 2.39. The van der Waals surface area contributed by atoms with Gasteiger partial charge in [-0.15, -0.1) is 0 Å². The number of halogens is 1. The number of hydrogen-bond donors (Lipinski definition) is 1. The highest BCUT2D eigenvalue weighted by atomic mass is 32.2. The number of aliphatic hydroxyl groups excluding tert-OH is 1. The van der Waals surface area contributed by atoms with Gasteiger partial charge in [-0.05, 0) is 24.5 Å². The summed E-state index contributed by atoms with van der Waals surface area (Å²) in [5.41, 5.74) is -0.885. The molecule has 1 aliphatic rings. The standard InChI is InChI=1S/C12H15FN2O5S/c1-8-4-5-14(12(8)7-16)21(19,20)9-2-3-10(13)11(6-9)15(17)18/h2-3,6,8,12,16H,4-5,7H2,1H3. The van der Waals surface area contributed by atoms with E-state index in [4.69, 9.17) is 0 Å². The number of rotatable bonds is 4. The Morgan fingerprint density at radius 3 is 2.76 bits per heavy atom. The Morgan fingerprint density at radius 2 is 2.19 bits per heavy atom. The molecule has 2 atom stereocenters. The Balaban J connectivity index is 2.45. The van der Waals surface area contributed by atoms with Crippen LogP contribution in [0.3, 0.4) is 0 Å². The maximum atomic E-state index is 13.3. The van der Waals surface area contributed by atoms with Gasteiger partial charge in [0.05, 0.1) is 22.5 Å². The molecule has 0 saturated carbocycles. The molecule has 0 spiro atoms. The smallest absolute Gasteiger partial charge is 0.306 e. The van der Waals surface area contributed by atoms with E-state index in [0.717, 1.165) is 16.4 Å². The molecule has 0 bridgehead atoms. The van der Waals surface area contributed by atoms with Crippen molar-refractivity contribution in [2.24, 2.45) is 5.92 Å². The van der Waals surface area contributed by atoms with Crippen LogP contribution in [0.5, 0.6) is 0 Å². The van der Waals surface area contributed by atoms with Crippen molar-refractivity contribution in [1.29, 1.82) is 0 Å². The third kappa shape index (κ3) is 2.76. The molecule has 1 aromatic carbocycles. The monoisotopic (exact) mass is 318 g/mol. The third-order valence-corrected chi connectivity index (χ3v) is 5.66. The molecule has 1 aliphatic heterocycles. The SMILES string of the molecule is CC1CCN(S(=O)(=O)c2ccc(F)c([N+](=O)[O-])c2)C1CO. The number of aliphatic hydroxyl groups is 1. The van der Waals surface area contributed by atoms with Crippen molar-refractivity contribution in [3.8, 4) is 0 Å². The number of sulfonamides is 1. The first kappa shape index (κ1) is 15.8. The zero-order valence-electron chi connectivity index (χ0n) is 11.3. The minimum atomic E-state index is -4.00. The minimum Gasteiger partial charge on any atom is -0.395 e. The Hall–Kier alpha value is -1.58. The second kappa shape index (κ2) is 5.66. The predicted molar refractivity (Wildman–Crippen MR) is 71.6 cm³/mol. The maximum absolute atomic E-state index is 13.3. The van der Waals surface area contributed by atoms with Crippen molar-refractivity contribution < 1.29 is 22.8 Å². The summed E-state index contributed by atoms with van der Waals surface area (Å²) in [7, 11) is -4.00. The van der Waals surface area contributed by atoms with Crippen molar-refractivity contribution in [3.63, 3.8) is 0 Å². The van der Waals surface area contributed by atoms with Gasteiger partial charge >= 0.3 is 5.69 Å². The first-order chi connectivity index (χ1) is 9.78. The number of hydrogen-bond acceptors (Lipinski definition) is 5. The third-order valence-electron chi connectivity index (χ3n) is 3.74. The quantitative estimate of drug-likeness (QED) is 0.662. The predicted octanol–water partition coefficient (Wildman–Crippen LogP) is 1.13. The molecule has 116 valence electrons. The Labute approximate surface area is 121 Å². The topological polar surface area (TPSA) is 101 Å². The molecule has 1 aromatic rings. The Bertz CT molecular complexity index is 664. The van der Waals surface area contributed by atoms with Crippen molar-refractivity contribution >= 4 is 15.7 Å². The molecule has 1 heterocycles. The van der Waals surface area contributed by atoms with E-state index in [0.29, 0.717) is 12.5 Å². The summed E-state index contributed by atoms with van der Waals surface area (Å²) in [6.07, 6.45) is 0.591. The molecule has 1 fully saturated rings. The lowest BCUT2D eigenvalue weighted by atomic mass is 10.0. The molecule has 7 nitrogen and oxygen atoms in total. The van der Waals surface area contributed by atoms with Crippen molar-refractivity contribution in [2.45, 2.75) is 24.3 Å². The molecule has 0 amide bonds. The van der Waals surface area contributed by atoms with Gasteiger partial charge in [0, 0.05) is 12.6 Å². The fourth-order valence-corrected chi connectivity index (χ4v) is 4.22. The Morgan fingerprint density at radius 1 is 1.52 bits per heavy atom.